The van der Waals surface area contributed by atoms with Crippen molar-refractivity contribution in [1.82, 2.24) is 19.8 Å². The molecule has 2 N–H and O–H groups in total. The van der Waals surface area contributed by atoms with E-state index in [1.54, 1.807) is 19.1 Å². The number of hydrogen-bond donors (Lipinski definition) is 2. The van der Waals surface area contributed by atoms with Gasteiger partial charge in [-0.3, -0.25) is 4.79 Å². The summed E-state index contributed by atoms with van der Waals surface area (Å²) < 4.78 is 5.65. The molecule has 2 aliphatic rings. The van der Waals surface area contributed by atoms with Crippen LogP contribution in [0, 0.1) is 0 Å². The highest BCUT2D eigenvalue weighted by molar-refractivity contribution is 6.33. The Labute approximate surface area is 209 Å². The number of likely N-dealkylation sites (N-methyl/N-ethyl adjacent to an activating group) is 1. The van der Waals surface area contributed by atoms with E-state index in [1.165, 1.54) is 6.20 Å². The van der Waals surface area contributed by atoms with Crippen molar-refractivity contribution in [2.75, 3.05) is 62.9 Å². The van der Waals surface area contributed by atoms with Crippen LogP contribution < -0.4 is 20.3 Å². The maximum absolute atomic E-state index is 12.6. The second-order valence-electron chi connectivity index (χ2n) is 8.82. The van der Waals surface area contributed by atoms with Gasteiger partial charge in [-0.25, -0.2) is 4.98 Å². The molecule has 3 heterocycles. The van der Waals surface area contributed by atoms with Gasteiger partial charge in [0, 0.05) is 51.5 Å². The summed E-state index contributed by atoms with van der Waals surface area (Å²) in [6, 6.07) is 11.8. The van der Waals surface area contributed by atoms with Crippen molar-refractivity contribution in [2.24, 2.45) is 0 Å². The molecule has 0 bridgehead atoms. The number of carbonyl (C=O) groups excluding carboxylic acids is 1. The molecule has 9 nitrogen and oxygen atoms in total. The summed E-state index contributed by atoms with van der Waals surface area (Å²) in [6.07, 6.45) is 1.53. The molecule has 0 spiro atoms. The lowest BCUT2D eigenvalue weighted by Gasteiger charge is -2.34. The first-order valence-electron chi connectivity index (χ1n) is 11.5. The largest absolute Gasteiger partial charge is 0.494 e. The number of aromatic nitrogens is 2. The average Bonchev–Trinajstić information content (AvgIpc) is 3.16. The van der Waals surface area contributed by atoms with Crippen LogP contribution in [0.3, 0.4) is 0 Å². The fourth-order valence-electron chi connectivity index (χ4n) is 4.41. The number of hydrogen-bond acceptors (Lipinski definition) is 8. The van der Waals surface area contributed by atoms with Crippen molar-refractivity contribution < 1.29 is 9.53 Å². The quantitative estimate of drug-likeness (QED) is 0.533. The minimum atomic E-state index is -0.0307. The summed E-state index contributed by atoms with van der Waals surface area (Å²) >= 11 is 6.40. The number of anilines is 5. The van der Waals surface area contributed by atoms with Crippen LogP contribution in [0.1, 0.15) is 15.9 Å². The van der Waals surface area contributed by atoms with E-state index >= 15 is 0 Å². The van der Waals surface area contributed by atoms with Crippen LogP contribution >= 0.6 is 11.6 Å². The molecule has 182 valence electrons. The van der Waals surface area contributed by atoms with E-state index in [2.05, 4.69) is 43.5 Å². The van der Waals surface area contributed by atoms with E-state index in [1.807, 2.05) is 30.3 Å². The van der Waals surface area contributed by atoms with E-state index in [-0.39, 0.29) is 5.91 Å². The lowest BCUT2D eigenvalue weighted by molar-refractivity contribution is 0.0817. The summed E-state index contributed by atoms with van der Waals surface area (Å²) in [6.45, 7) is 4.59. The predicted molar refractivity (Wildman–Crippen MR) is 139 cm³/mol. The number of fused-ring (bicyclic) bond motifs is 1. The highest BCUT2D eigenvalue weighted by Crippen LogP contribution is 2.34. The van der Waals surface area contributed by atoms with Crippen LogP contribution in [0.15, 0.2) is 42.6 Å². The van der Waals surface area contributed by atoms with Crippen molar-refractivity contribution >= 4 is 46.3 Å². The molecule has 1 fully saturated rings. The molecule has 2 aromatic carbocycles. The number of nitrogens with one attached hydrogen (secondary N) is 2. The summed E-state index contributed by atoms with van der Waals surface area (Å²) in [5.74, 6) is 1.44. The van der Waals surface area contributed by atoms with Crippen LogP contribution in [-0.2, 0) is 6.54 Å². The molecular formula is C25H28ClN7O2. The topological polar surface area (TPSA) is 85.9 Å². The van der Waals surface area contributed by atoms with E-state index in [0.717, 1.165) is 43.1 Å². The van der Waals surface area contributed by atoms with Gasteiger partial charge in [-0.1, -0.05) is 23.7 Å². The summed E-state index contributed by atoms with van der Waals surface area (Å²) in [7, 11) is 5.57. The third-order valence-corrected chi connectivity index (χ3v) is 6.69. The molecule has 1 aromatic heterocycles. The minimum Gasteiger partial charge on any atom is -0.494 e. The second-order valence-corrected chi connectivity index (χ2v) is 9.22. The standard InChI is InChI=1S/C25H28ClN7O2/c1-31-9-11-33(12-10-31)17-7-8-19(21(13-17)35-3)29-25-27-14-18(26)23(30-25)28-20-6-4-5-16-15-32(2)24(34)22(16)20/h4-8,13-14H,9-12,15H2,1-3H3,(H2,27,28,29,30). The maximum Gasteiger partial charge on any atom is 0.256 e. The normalized spacial score (nSPS) is 15.8. The van der Waals surface area contributed by atoms with Gasteiger partial charge in [0.1, 0.15) is 10.8 Å². The number of rotatable bonds is 6. The Morgan fingerprint density at radius 2 is 1.83 bits per heavy atom. The van der Waals surface area contributed by atoms with Crippen LogP contribution in [0.2, 0.25) is 5.02 Å². The van der Waals surface area contributed by atoms with Crippen LogP contribution in [0.4, 0.5) is 28.8 Å². The molecule has 1 saturated heterocycles. The number of nitrogens with zero attached hydrogens (tertiary/aromatic N) is 5. The summed E-state index contributed by atoms with van der Waals surface area (Å²) in [5, 5.41) is 6.81. The molecule has 35 heavy (non-hydrogen) atoms. The zero-order valence-electron chi connectivity index (χ0n) is 20.0. The minimum absolute atomic E-state index is 0.0307. The number of piperazine rings is 1. The van der Waals surface area contributed by atoms with E-state index < -0.39 is 0 Å². The lowest BCUT2D eigenvalue weighted by Crippen LogP contribution is -2.44. The van der Waals surface area contributed by atoms with Gasteiger partial charge in [0.05, 0.1) is 30.2 Å². The first-order chi connectivity index (χ1) is 16.9. The Bertz CT molecular complexity index is 1260. The number of amides is 1. The first-order valence-corrected chi connectivity index (χ1v) is 11.9. The third kappa shape index (κ3) is 4.69. The molecule has 10 heteroatoms. The fraction of sp³-hybridized carbons (Fsp3) is 0.320. The molecule has 0 atom stereocenters. The van der Waals surface area contributed by atoms with Crippen molar-refractivity contribution in [1.29, 1.82) is 0 Å². The van der Waals surface area contributed by atoms with Crippen LogP contribution in [0.25, 0.3) is 0 Å². The molecule has 0 unspecified atom stereocenters. The molecule has 2 aliphatic heterocycles. The number of halogens is 1. The first kappa shape index (κ1) is 23.2. The maximum atomic E-state index is 12.6. The van der Waals surface area contributed by atoms with Crippen LogP contribution in [-0.4, -0.2) is 73.1 Å². The fourth-order valence-corrected chi connectivity index (χ4v) is 4.55. The molecule has 0 aliphatic carbocycles. The van der Waals surface area contributed by atoms with Gasteiger partial charge in [0.25, 0.3) is 5.91 Å². The van der Waals surface area contributed by atoms with E-state index in [4.69, 9.17) is 16.3 Å². The van der Waals surface area contributed by atoms with E-state index in [9.17, 15) is 4.79 Å². The molecule has 5 rings (SSSR count). The van der Waals surface area contributed by atoms with Crippen molar-refractivity contribution in [3.05, 3.63) is 58.7 Å². The monoisotopic (exact) mass is 493 g/mol. The number of methoxy groups -OCH3 is 1. The van der Waals surface area contributed by atoms with E-state index in [0.29, 0.717) is 40.3 Å². The molecule has 0 saturated carbocycles. The molecule has 1 amide bonds. The number of carbonyl (C=O) groups is 1. The van der Waals surface area contributed by atoms with Crippen LogP contribution in [0.5, 0.6) is 5.75 Å². The zero-order chi connectivity index (χ0) is 24.5. The van der Waals surface area contributed by atoms with Gasteiger partial charge in [-0.2, -0.15) is 4.98 Å². The SMILES string of the molecule is COc1cc(N2CCN(C)CC2)ccc1Nc1ncc(Cl)c(Nc2cccc3c2C(=O)N(C)C3)n1. The van der Waals surface area contributed by atoms with Gasteiger partial charge >= 0.3 is 0 Å². The average molecular weight is 494 g/mol. The van der Waals surface area contributed by atoms with Gasteiger partial charge in [-0.15, -0.1) is 0 Å². The number of benzene rings is 2. The highest BCUT2D eigenvalue weighted by atomic mass is 35.5. The predicted octanol–water partition coefficient (Wildman–Crippen LogP) is 3.96. The van der Waals surface area contributed by atoms with Gasteiger partial charge in [-0.05, 0) is 30.8 Å². The van der Waals surface area contributed by atoms with Gasteiger partial charge < -0.3 is 30.1 Å². The Morgan fingerprint density at radius 3 is 2.60 bits per heavy atom. The molecular weight excluding hydrogens is 466 g/mol. The van der Waals surface area contributed by atoms with Gasteiger partial charge in [0.15, 0.2) is 5.82 Å². The molecule has 3 aromatic rings. The van der Waals surface area contributed by atoms with Crippen molar-refractivity contribution in [3.8, 4) is 5.75 Å². The lowest BCUT2D eigenvalue weighted by atomic mass is 10.1. The second kappa shape index (κ2) is 9.59. The Kier molecular flexibility index (Phi) is 6.36. The Balaban J connectivity index is 1.37. The third-order valence-electron chi connectivity index (χ3n) is 6.42. The molecule has 0 radical (unpaired) electrons. The zero-order valence-corrected chi connectivity index (χ0v) is 20.8. The summed E-state index contributed by atoms with van der Waals surface area (Å²) in [5.41, 5.74) is 4.14. The van der Waals surface area contributed by atoms with Gasteiger partial charge in [0.2, 0.25) is 5.95 Å². The highest BCUT2D eigenvalue weighted by Gasteiger charge is 2.27. The summed E-state index contributed by atoms with van der Waals surface area (Å²) in [4.78, 5) is 27.9. The van der Waals surface area contributed by atoms with Crippen molar-refractivity contribution in [2.45, 2.75) is 6.54 Å². The number of ether oxygens (including phenoxy) is 1. The Hall–Kier alpha value is -3.56. The Morgan fingerprint density at radius 1 is 1.03 bits per heavy atom. The van der Waals surface area contributed by atoms with Crippen molar-refractivity contribution in [3.63, 3.8) is 0 Å². The smallest absolute Gasteiger partial charge is 0.256 e.